The summed E-state index contributed by atoms with van der Waals surface area (Å²) in [6.07, 6.45) is 8.72. The molecule has 1 amide bonds. The molecule has 0 bridgehead atoms. The third kappa shape index (κ3) is 3.16. The van der Waals surface area contributed by atoms with Crippen LogP contribution in [0.1, 0.15) is 41.1 Å². The van der Waals surface area contributed by atoms with Crippen molar-refractivity contribution in [2.24, 2.45) is 0 Å². The van der Waals surface area contributed by atoms with Crippen LogP contribution in [0.2, 0.25) is 0 Å². The first-order valence-corrected chi connectivity index (χ1v) is 7.73. The SMILES string of the molecule is Cc1cnn(C[C@H]2CCCCN2C(=O)c2ccnc(C)n2)c1. The van der Waals surface area contributed by atoms with Gasteiger partial charge in [0.25, 0.3) is 5.91 Å². The molecule has 0 radical (unpaired) electrons. The Morgan fingerprint density at radius 3 is 2.95 bits per heavy atom. The average molecular weight is 299 g/mol. The minimum absolute atomic E-state index is 0.000854. The Hall–Kier alpha value is -2.24. The second kappa shape index (κ2) is 6.25. The highest BCUT2D eigenvalue weighted by Gasteiger charge is 2.28. The highest BCUT2D eigenvalue weighted by atomic mass is 16.2. The molecule has 116 valence electrons. The monoisotopic (exact) mass is 299 g/mol. The van der Waals surface area contributed by atoms with E-state index in [1.54, 1.807) is 19.2 Å². The van der Waals surface area contributed by atoms with E-state index < -0.39 is 0 Å². The fourth-order valence-electron chi connectivity index (χ4n) is 2.96. The number of nitrogens with zero attached hydrogens (tertiary/aromatic N) is 5. The molecule has 3 heterocycles. The first-order valence-electron chi connectivity index (χ1n) is 7.73. The third-order valence-electron chi connectivity index (χ3n) is 4.04. The second-order valence-electron chi connectivity index (χ2n) is 5.88. The summed E-state index contributed by atoms with van der Waals surface area (Å²) in [5.74, 6) is 0.626. The Labute approximate surface area is 130 Å². The first-order chi connectivity index (χ1) is 10.6. The van der Waals surface area contributed by atoms with Crippen LogP contribution in [0, 0.1) is 13.8 Å². The number of carbonyl (C=O) groups is 1. The number of amides is 1. The molecular weight excluding hydrogens is 278 g/mol. The van der Waals surface area contributed by atoms with Crippen LogP contribution in [-0.2, 0) is 6.54 Å². The predicted molar refractivity (Wildman–Crippen MR) is 82.4 cm³/mol. The summed E-state index contributed by atoms with van der Waals surface area (Å²) in [5, 5.41) is 4.34. The molecule has 0 aliphatic carbocycles. The minimum Gasteiger partial charge on any atom is -0.332 e. The van der Waals surface area contributed by atoms with E-state index in [4.69, 9.17) is 0 Å². The molecule has 2 aromatic heterocycles. The Bertz CT molecular complexity index is 666. The molecule has 0 N–H and O–H groups in total. The lowest BCUT2D eigenvalue weighted by Gasteiger charge is -2.35. The molecule has 3 rings (SSSR count). The van der Waals surface area contributed by atoms with E-state index in [0.29, 0.717) is 11.5 Å². The van der Waals surface area contributed by atoms with Crippen LogP contribution >= 0.6 is 0 Å². The van der Waals surface area contributed by atoms with Gasteiger partial charge in [-0.15, -0.1) is 0 Å². The van der Waals surface area contributed by atoms with Crippen LogP contribution in [0.25, 0.3) is 0 Å². The molecule has 0 unspecified atom stereocenters. The smallest absolute Gasteiger partial charge is 0.272 e. The minimum atomic E-state index is -0.000854. The fraction of sp³-hybridized carbons (Fsp3) is 0.500. The number of likely N-dealkylation sites (tertiary alicyclic amines) is 1. The van der Waals surface area contributed by atoms with Gasteiger partial charge in [-0.2, -0.15) is 5.10 Å². The molecule has 1 saturated heterocycles. The van der Waals surface area contributed by atoms with Crippen LogP contribution in [-0.4, -0.2) is 43.1 Å². The summed E-state index contributed by atoms with van der Waals surface area (Å²) < 4.78 is 1.93. The van der Waals surface area contributed by atoms with Gasteiger partial charge in [0.2, 0.25) is 0 Å². The maximum absolute atomic E-state index is 12.8. The van der Waals surface area contributed by atoms with E-state index in [-0.39, 0.29) is 11.9 Å². The highest BCUT2D eigenvalue weighted by Crippen LogP contribution is 2.20. The average Bonchev–Trinajstić information content (AvgIpc) is 2.92. The molecule has 0 aromatic carbocycles. The highest BCUT2D eigenvalue weighted by molar-refractivity contribution is 5.92. The van der Waals surface area contributed by atoms with Crippen molar-refractivity contribution in [1.29, 1.82) is 0 Å². The van der Waals surface area contributed by atoms with Crippen molar-refractivity contribution in [3.8, 4) is 0 Å². The lowest BCUT2D eigenvalue weighted by atomic mass is 10.0. The largest absolute Gasteiger partial charge is 0.332 e. The Morgan fingerprint density at radius 2 is 2.23 bits per heavy atom. The molecule has 2 aromatic rings. The van der Waals surface area contributed by atoms with Crippen LogP contribution in [0.4, 0.5) is 0 Å². The normalized spacial score (nSPS) is 18.5. The Kier molecular flexibility index (Phi) is 4.18. The van der Waals surface area contributed by atoms with Crippen molar-refractivity contribution in [3.63, 3.8) is 0 Å². The van der Waals surface area contributed by atoms with E-state index in [0.717, 1.165) is 37.9 Å². The van der Waals surface area contributed by atoms with Gasteiger partial charge in [-0.25, -0.2) is 9.97 Å². The van der Waals surface area contributed by atoms with Gasteiger partial charge in [-0.1, -0.05) is 0 Å². The summed E-state index contributed by atoms with van der Waals surface area (Å²) in [5.41, 5.74) is 1.62. The summed E-state index contributed by atoms with van der Waals surface area (Å²) in [7, 11) is 0. The van der Waals surface area contributed by atoms with Crippen LogP contribution in [0.5, 0.6) is 0 Å². The summed E-state index contributed by atoms with van der Waals surface area (Å²) >= 11 is 0. The zero-order valence-corrected chi connectivity index (χ0v) is 13.1. The number of aromatic nitrogens is 4. The molecule has 22 heavy (non-hydrogen) atoms. The molecular formula is C16H21N5O. The number of aryl methyl sites for hydroxylation is 2. The van der Waals surface area contributed by atoms with Crippen molar-refractivity contribution >= 4 is 5.91 Å². The second-order valence-corrected chi connectivity index (χ2v) is 5.88. The molecule has 0 saturated carbocycles. The van der Waals surface area contributed by atoms with Gasteiger partial charge < -0.3 is 4.90 Å². The number of carbonyl (C=O) groups excluding carboxylic acids is 1. The van der Waals surface area contributed by atoms with Gasteiger partial charge in [0.1, 0.15) is 11.5 Å². The van der Waals surface area contributed by atoms with Gasteiger partial charge in [-0.05, 0) is 44.7 Å². The quantitative estimate of drug-likeness (QED) is 0.869. The van der Waals surface area contributed by atoms with Gasteiger partial charge in [0.05, 0.1) is 18.8 Å². The lowest BCUT2D eigenvalue weighted by molar-refractivity contribution is 0.0577. The van der Waals surface area contributed by atoms with E-state index >= 15 is 0 Å². The van der Waals surface area contributed by atoms with Crippen LogP contribution in [0.15, 0.2) is 24.7 Å². The Balaban J connectivity index is 1.78. The number of hydrogen-bond donors (Lipinski definition) is 0. The summed E-state index contributed by atoms with van der Waals surface area (Å²) in [6, 6.07) is 1.87. The number of rotatable bonds is 3. The van der Waals surface area contributed by atoms with Crippen LogP contribution in [0.3, 0.4) is 0 Å². The van der Waals surface area contributed by atoms with Crippen molar-refractivity contribution < 1.29 is 4.79 Å². The fourth-order valence-corrected chi connectivity index (χ4v) is 2.96. The van der Waals surface area contributed by atoms with Crippen molar-refractivity contribution in [1.82, 2.24) is 24.6 Å². The van der Waals surface area contributed by atoms with Gasteiger partial charge in [-0.3, -0.25) is 9.48 Å². The molecule has 6 nitrogen and oxygen atoms in total. The zero-order valence-electron chi connectivity index (χ0n) is 13.1. The van der Waals surface area contributed by atoms with E-state index in [2.05, 4.69) is 15.1 Å². The third-order valence-corrected chi connectivity index (χ3v) is 4.04. The van der Waals surface area contributed by atoms with E-state index in [9.17, 15) is 4.79 Å². The molecule has 1 aliphatic heterocycles. The van der Waals surface area contributed by atoms with Crippen molar-refractivity contribution in [3.05, 3.63) is 41.7 Å². The summed E-state index contributed by atoms with van der Waals surface area (Å²) in [6.45, 7) is 5.35. The maximum Gasteiger partial charge on any atom is 0.272 e. The van der Waals surface area contributed by atoms with Crippen molar-refractivity contribution in [2.45, 2.75) is 45.7 Å². The number of piperidine rings is 1. The molecule has 6 heteroatoms. The Morgan fingerprint density at radius 1 is 1.36 bits per heavy atom. The predicted octanol–water partition coefficient (Wildman–Crippen LogP) is 1.98. The molecule has 1 fully saturated rings. The first kappa shape index (κ1) is 14.7. The van der Waals surface area contributed by atoms with E-state index in [1.165, 1.54) is 0 Å². The molecule has 1 aliphatic rings. The standard InChI is InChI=1S/C16H21N5O/c1-12-9-18-20(10-12)11-14-5-3-4-8-21(14)16(22)15-6-7-17-13(2)19-15/h6-7,9-10,14H,3-5,8,11H2,1-2H3/t14-/m1/s1. The lowest BCUT2D eigenvalue weighted by Crippen LogP contribution is -2.46. The topological polar surface area (TPSA) is 63.9 Å². The van der Waals surface area contributed by atoms with Gasteiger partial charge in [0.15, 0.2) is 0 Å². The molecule has 0 spiro atoms. The van der Waals surface area contributed by atoms with Crippen LogP contribution < -0.4 is 0 Å². The summed E-state index contributed by atoms with van der Waals surface area (Å²) in [4.78, 5) is 23.0. The number of hydrogen-bond acceptors (Lipinski definition) is 4. The van der Waals surface area contributed by atoms with E-state index in [1.807, 2.05) is 28.9 Å². The zero-order chi connectivity index (χ0) is 15.5. The maximum atomic E-state index is 12.8. The van der Waals surface area contributed by atoms with Gasteiger partial charge in [0, 0.05) is 18.9 Å². The van der Waals surface area contributed by atoms with Crippen molar-refractivity contribution in [2.75, 3.05) is 6.54 Å². The van der Waals surface area contributed by atoms with Gasteiger partial charge >= 0.3 is 0 Å². The molecule has 1 atom stereocenters.